The van der Waals surface area contributed by atoms with Crippen molar-refractivity contribution in [2.24, 2.45) is 0 Å². The number of carbonyl (C=O) groups is 1. The van der Waals surface area contributed by atoms with E-state index in [0.29, 0.717) is 29.1 Å². The molecule has 0 saturated carbocycles. The molecule has 1 aliphatic heterocycles. The van der Waals surface area contributed by atoms with Gasteiger partial charge in [-0.3, -0.25) is 19.1 Å². The van der Waals surface area contributed by atoms with Gasteiger partial charge in [-0.15, -0.1) is 11.3 Å². The smallest absolute Gasteiger partial charge is 0.263 e. The summed E-state index contributed by atoms with van der Waals surface area (Å²) in [5.41, 5.74) is 1.36. The zero-order chi connectivity index (χ0) is 20.5. The molecule has 152 valence electrons. The highest BCUT2D eigenvalue weighted by molar-refractivity contribution is 7.18. The standard InChI is InChI=1S/C22H25N3O3S/c1-14-15(2)29-21-20(14)22(27)25(19(23-21)13-24-9-4-5-10-24)12-18(26)16-7-6-8-17(11-16)28-3/h6-8,11H,4-5,9-10,12-13H2,1-3H3. The fourth-order valence-electron chi connectivity index (χ4n) is 3.83. The van der Waals surface area contributed by atoms with Gasteiger partial charge in [0.05, 0.1) is 25.6 Å². The van der Waals surface area contributed by atoms with Crippen LogP contribution in [0.25, 0.3) is 10.2 Å². The van der Waals surface area contributed by atoms with Gasteiger partial charge in [-0.25, -0.2) is 4.98 Å². The summed E-state index contributed by atoms with van der Waals surface area (Å²) in [7, 11) is 1.57. The van der Waals surface area contributed by atoms with E-state index in [0.717, 1.165) is 41.2 Å². The van der Waals surface area contributed by atoms with Crippen LogP contribution < -0.4 is 10.3 Å². The molecule has 29 heavy (non-hydrogen) atoms. The van der Waals surface area contributed by atoms with Gasteiger partial charge in [-0.1, -0.05) is 12.1 Å². The first-order valence-electron chi connectivity index (χ1n) is 9.87. The van der Waals surface area contributed by atoms with Crippen molar-refractivity contribution in [2.75, 3.05) is 20.2 Å². The molecule has 2 aromatic heterocycles. The topological polar surface area (TPSA) is 64.4 Å². The number of likely N-dealkylation sites (tertiary alicyclic amines) is 1. The first kappa shape index (κ1) is 19.8. The molecule has 1 fully saturated rings. The van der Waals surface area contributed by atoms with E-state index in [1.54, 1.807) is 47.3 Å². The summed E-state index contributed by atoms with van der Waals surface area (Å²) in [6, 6.07) is 7.04. The van der Waals surface area contributed by atoms with Crippen molar-refractivity contribution < 1.29 is 9.53 Å². The number of ether oxygens (including phenoxy) is 1. The Kier molecular flexibility index (Phi) is 5.52. The third-order valence-electron chi connectivity index (χ3n) is 5.63. The maximum atomic E-state index is 13.4. The highest BCUT2D eigenvalue weighted by Gasteiger charge is 2.21. The summed E-state index contributed by atoms with van der Waals surface area (Å²) in [6.45, 7) is 6.53. The Morgan fingerprint density at radius 3 is 2.72 bits per heavy atom. The minimum atomic E-state index is -0.126. The number of fused-ring (bicyclic) bond motifs is 1. The van der Waals surface area contributed by atoms with Crippen molar-refractivity contribution in [2.45, 2.75) is 39.8 Å². The number of benzene rings is 1. The average molecular weight is 412 g/mol. The van der Waals surface area contributed by atoms with Gasteiger partial charge in [0.1, 0.15) is 16.4 Å². The van der Waals surface area contributed by atoms with Crippen LogP contribution in [0.1, 0.15) is 39.5 Å². The largest absolute Gasteiger partial charge is 0.497 e. The Labute approximate surface area is 173 Å². The summed E-state index contributed by atoms with van der Waals surface area (Å²) in [4.78, 5) is 35.4. The molecule has 3 heterocycles. The van der Waals surface area contributed by atoms with Crippen molar-refractivity contribution in [3.8, 4) is 5.75 Å². The Bertz CT molecular complexity index is 1130. The Morgan fingerprint density at radius 1 is 1.24 bits per heavy atom. The normalized spacial score (nSPS) is 14.6. The van der Waals surface area contributed by atoms with Crippen molar-refractivity contribution in [3.63, 3.8) is 0 Å². The predicted octanol–water partition coefficient (Wildman–Crippen LogP) is 3.56. The van der Waals surface area contributed by atoms with E-state index in [1.165, 1.54) is 0 Å². The molecule has 0 radical (unpaired) electrons. The van der Waals surface area contributed by atoms with Crippen molar-refractivity contribution in [1.82, 2.24) is 14.5 Å². The SMILES string of the molecule is COc1cccc(C(=O)Cn2c(CN3CCCC3)nc3sc(C)c(C)c3c2=O)c1. The maximum absolute atomic E-state index is 13.4. The number of nitrogens with zero attached hydrogens (tertiary/aromatic N) is 3. The quantitative estimate of drug-likeness (QED) is 0.581. The lowest BCUT2D eigenvalue weighted by Crippen LogP contribution is -2.32. The second-order valence-corrected chi connectivity index (χ2v) is 8.72. The second kappa shape index (κ2) is 8.08. The van der Waals surface area contributed by atoms with E-state index >= 15 is 0 Å². The van der Waals surface area contributed by atoms with Crippen molar-refractivity contribution in [1.29, 1.82) is 0 Å². The van der Waals surface area contributed by atoms with Gasteiger partial charge >= 0.3 is 0 Å². The first-order chi connectivity index (χ1) is 14.0. The van der Waals surface area contributed by atoms with Crippen molar-refractivity contribution in [3.05, 3.63) is 56.4 Å². The molecule has 0 unspecified atom stereocenters. The summed E-state index contributed by atoms with van der Waals surface area (Å²) in [6.07, 6.45) is 2.32. The molecular weight excluding hydrogens is 386 g/mol. The lowest BCUT2D eigenvalue weighted by atomic mass is 10.1. The molecule has 0 spiro atoms. The van der Waals surface area contributed by atoms with Crippen LogP contribution in [-0.4, -0.2) is 40.4 Å². The predicted molar refractivity (Wildman–Crippen MR) is 115 cm³/mol. The van der Waals surface area contributed by atoms with Crippen LogP contribution >= 0.6 is 11.3 Å². The fraction of sp³-hybridized carbons (Fsp3) is 0.409. The Morgan fingerprint density at radius 2 is 2.00 bits per heavy atom. The van der Waals surface area contributed by atoms with Crippen LogP contribution in [0.5, 0.6) is 5.75 Å². The zero-order valence-electron chi connectivity index (χ0n) is 17.0. The van der Waals surface area contributed by atoms with Crippen LogP contribution in [0, 0.1) is 13.8 Å². The summed E-state index contributed by atoms with van der Waals surface area (Å²) < 4.78 is 6.80. The molecule has 0 aliphatic carbocycles. The minimum Gasteiger partial charge on any atom is -0.497 e. The number of aryl methyl sites for hydroxylation is 2. The summed E-state index contributed by atoms with van der Waals surface area (Å²) >= 11 is 1.55. The van der Waals surface area contributed by atoms with Gasteiger partial charge in [0.25, 0.3) is 5.56 Å². The third kappa shape index (κ3) is 3.84. The molecule has 1 aromatic carbocycles. The molecule has 0 N–H and O–H groups in total. The molecule has 7 heteroatoms. The highest BCUT2D eigenvalue weighted by Crippen LogP contribution is 2.27. The van der Waals surface area contributed by atoms with E-state index in [9.17, 15) is 9.59 Å². The Balaban J connectivity index is 1.77. The highest BCUT2D eigenvalue weighted by atomic mass is 32.1. The van der Waals surface area contributed by atoms with Gasteiger partial charge in [-0.2, -0.15) is 0 Å². The minimum absolute atomic E-state index is 0.0214. The maximum Gasteiger partial charge on any atom is 0.263 e. The number of Topliss-reactive ketones (excluding diaryl/α,β-unsaturated/α-hetero) is 1. The number of hydrogen-bond acceptors (Lipinski definition) is 6. The van der Waals surface area contributed by atoms with Gasteiger partial charge < -0.3 is 4.74 Å². The van der Waals surface area contributed by atoms with E-state index in [1.807, 2.05) is 13.8 Å². The molecule has 6 nitrogen and oxygen atoms in total. The van der Waals surface area contributed by atoms with Crippen molar-refractivity contribution >= 4 is 27.3 Å². The van der Waals surface area contributed by atoms with Gasteiger partial charge in [-0.05, 0) is 57.5 Å². The number of aromatic nitrogens is 2. The van der Waals surface area contributed by atoms with Crippen LogP contribution in [0.3, 0.4) is 0 Å². The summed E-state index contributed by atoms with van der Waals surface area (Å²) in [5, 5.41) is 0.635. The lowest BCUT2D eigenvalue weighted by Gasteiger charge is -2.18. The van der Waals surface area contributed by atoms with Gasteiger partial charge in [0.15, 0.2) is 5.78 Å². The molecule has 1 saturated heterocycles. The number of rotatable bonds is 6. The first-order valence-corrected chi connectivity index (χ1v) is 10.7. The van der Waals surface area contributed by atoms with Gasteiger partial charge in [0.2, 0.25) is 0 Å². The number of hydrogen-bond donors (Lipinski definition) is 0. The fourth-order valence-corrected chi connectivity index (χ4v) is 4.86. The molecular formula is C22H25N3O3S. The molecule has 0 atom stereocenters. The van der Waals surface area contributed by atoms with E-state index in [-0.39, 0.29) is 17.9 Å². The molecule has 0 bridgehead atoms. The number of methoxy groups -OCH3 is 1. The number of ketones is 1. The zero-order valence-corrected chi connectivity index (χ0v) is 17.8. The van der Waals surface area contributed by atoms with E-state index in [2.05, 4.69) is 4.90 Å². The molecule has 4 rings (SSSR count). The monoisotopic (exact) mass is 411 g/mol. The van der Waals surface area contributed by atoms with Crippen LogP contribution in [0.4, 0.5) is 0 Å². The third-order valence-corrected chi connectivity index (χ3v) is 6.73. The van der Waals surface area contributed by atoms with Gasteiger partial charge in [0, 0.05) is 10.4 Å². The molecule has 0 amide bonds. The Hall–Kier alpha value is -2.51. The average Bonchev–Trinajstić information content (AvgIpc) is 3.33. The second-order valence-electron chi connectivity index (χ2n) is 7.52. The van der Waals surface area contributed by atoms with Crippen LogP contribution in [-0.2, 0) is 13.1 Å². The summed E-state index contributed by atoms with van der Waals surface area (Å²) in [5.74, 6) is 1.17. The number of carbonyl (C=O) groups excluding carboxylic acids is 1. The van der Waals surface area contributed by atoms with Crippen LogP contribution in [0.2, 0.25) is 0 Å². The molecule has 1 aliphatic rings. The molecule has 3 aromatic rings. The van der Waals surface area contributed by atoms with Crippen LogP contribution in [0.15, 0.2) is 29.1 Å². The lowest BCUT2D eigenvalue weighted by molar-refractivity contribution is 0.0968. The number of thiophene rings is 1. The van der Waals surface area contributed by atoms with E-state index in [4.69, 9.17) is 9.72 Å². The van der Waals surface area contributed by atoms with E-state index < -0.39 is 0 Å².